The van der Waals surface area contributed by atoms with Crippen LogP contribution in [-0.4, -0.2) is 51.2 Å². The molecule has 0 fully saturated rings. The van der Waals surface area contributed by atoms with E-state index in [1.807, 2.05) is 19.0 Å². The molecule has 26 heavy (non-hydrogen) atoms. The average Bonchev–Trinajstić information content (AvgIpc) is 2.85. The third-order valence-electron chi connectivity index (χ3n) is 4.29. The number of benzene rings is 1. The molecule has 138 valence electrons. The topological polar surface area (TPSA) is 82.6 Å². The highest BCUT2D eigenvalue weighted by Crippen LogP contribution is 2.38. The zero-order valence-electron chi connectivity index (χ0n) is 14.6. The first-order chi connectivity index (χ1) is 12.2. The lowest BCUT2D eigenvalue weighted by atomic mass is 10.1. The molecule has 1 aromatic heterocycles. The molecule has 7 nitrogen and oxygen atoms in total. The predicted octanol–water partition coefficient (Wildman–Crippen LogP) is 2.79. The molecule has 0 spiro atoms. The van der Waals surface area contributed by atoms with Crippen molar-refractivity contribution in [2.75, 3.05) is 37.1 Å². The van der Waals surface area contributed by atoms with Crippen molar-refractivity contribution in [2.24, 2.45) is 0 Å². The normalized spacial score (nSPS) is 17.5. The summed E-state index contributed by atoms with van der Waals surface area (Å²) in [4.78, 5) is 20.3. The van der Waals surface area contributed by atoms with Crippen LogP contribution in [0.25, 0.3) is 0 Å². The smallest absolute Gasteiger partial charge is 0.322 e. The van der Waals surface area contributed by atoms with E-state index in [0.29, 0.717) is 16.3 Å². The molecule has 1 aliphatic heterocycles. The van der Waals surface area contributed by atoms with Gasteiger partial charge < -0.3 is 15.1 Å². The molecule has 0 aliphatic carbocycles. The number of halogens is 1. The quantitative estimate of drug-likeness (QED) is 0.865. The van der Waals surface area contributed by atoms with Crippen LogP contribution in [0.4, 0.5) is 16.3 Å². The Morgan fingerprint density at radius 2 is 1.96 bits per heavy atom. The maximum absolute atomic E-state index is 12.6. The molecule has 1 atom stereocenters. The molecule has 0 radical (unpaired) electrons. The first-order valence-corrected chi connectivity index (χ1v) is 9.91. The van der Waals surface area contributed by atoms with Crippen molar-refractivity contribution in [3.05, 3.63) is 47.1 Å². The van der Waals surface area contributed by atoms with Crippen molar-refractivity contribution in [2.45, 2.75) is 10.9 Å². The third-order valence-corrected chi connectivity index (χ3v) is 6.32. The fourth-order valence-corrected chi connectivity index (χ4v) is 4.86. The number of fused-ring (bicyclic) bond motifs is 1. The number of rotatable bonds is 3. The molecule has 0 unspecified atom stereocenters. The summed E-state index contributed by atoms with van der Waals surface area (Å²) in [5.74, 6) is 0.603. The lowest BCUT2D eigenvalue weighted by molar-refractivity contribution is 0.209. The van der Waals surface area contributed by atoms with Crippen molar-refractivity contribution in [3.8, 4) is 0 Å². The number of anilines is 2. The van der Waals surface area contributed by atoms with Gasteiger partial charge in [-0.2, -0.15) is 0 Å². The Kier molecular flexibility index (Phi) is 4.81. The van der Waals surface area contributed by atoms with Crippen LogP contribution < -0.4 is 10.2 Å². The zero-order valence-corrected chi connectivity index (χ0v) is 16.2. The van der Waals surface area contributed by atoms with Gasteiger partial charge in [0.25, 0.3) is 0 Å². The fourth-order valence-electron chi connectivity index (χ4n) is 2.85. The van der Waals surface area contributed by atoms with Crippen molar-refractivity contribution in [1.82, 2.24) is 9.88 Å². The minimum Gasteiger partial charge on any atom is -0.363 e. The zero-order chi connectivity index (χ0) is 19.1. The van der Waals surface area contributed by atoms with Crippen LogP contribution in [0.3, 0.4) is 0 Å². The van der Waals surface area contributed by atoms with Crippen LogP contribution in [0.5, 0.6) is 0 Å². The van der Waals surface area contributed by atoms with Crippen LogP contribution >= 0.6 is 11.6 Å². The second-order valence-electron chi connectivity index (χ2n) is 6.32. The van der Waals surface area contributed by atoms with Crippen LogP contribution in [0.1, 0.15) is 11.6 Å². The van der Waals surface area contributed by atoms with E-state index >= 15 is 0 Å². The second kappa shape index (κ2) is 6.77. The van der Waals surface area contributed by atoms with Gasteiger partial charge in [-0.05, 0) is 35.9 Å². The molecule has 0 bridgehead atoms. The number of hydrogen-bond donors (Lipinski definition) is 1. The Labute approximate surface area is 157 Å². The van der Waals surface area contributed by atoms with Gasteiger partial charge in [0.05, 0.1) is 28.6 Å². The first kappa shape index (κ1) is 18.5. The van der Waals surface area contributed by atoms with Crippen molar-refractivity contribution in [1.29, 1.82) is 0 Å². The van der Waals surface area contributed by atoms with E-state index in [1.165, 1.54) is 11.0 Å². The summed E-state index contributed by atoms with van der Waals surface area (Å²) in [7, 11) is 1.87. The largest absolute Gasteiger partial charge is 0.363 e. The van der Waals surface area contributed by atoms with Crippen molar-refractivity contribution < 1.29 is 13.2 Å². The van der Waals surface area contributed by atoms with Crippen LogP contribution in [-0.2, 0) is 9.84 Å². The number of nitrogens with zero attached hydrogens (tertiary/aromatic N) is 3. The van der Waals surface area contributed by atoms with Crippen LogP contribution in [0.2, 0.25) is 5.02 Å². The Bertz CT molecular complexity index is 945. The number of amides is 2. The lowest BCUT2D eigenvalue weighted by Gasteiger charge is -2.25. The minimum absolute atomic E-state index is 0.162. The van der Waals surface area contributed by atoms with Gasteiger partial charge in [-0.15, -0.1) is 0 Å². The number of carbonyl (C=O) groups excluding carboxylic acids is 1. The minimum atomic E-state index is -3.44. The molecule has 1 aromatic carbocycles. The first-order valence-electron chi connectivity index (χ1n) is 7.88. The molecule has 2 aromatic rings. The van der Waals surface area contributed by atoms with E-state index in [4.69, 9.17) is 11.6 Å². The van der Waals surface area contributed by atoms with Crippen LogP contribution in [0.15, 0.2) is 41.4 Å². The van der Waals surface area contributed by atoms with E-state index in [1.54, 1.807) is 37.5 Å². The molecular weight excluding hydrogens is 376 g/mol. The molecule has 0 saturated carbocycles. The van der Waals surface area contributed by atoms with Gasteiger partial charge in [-0.3, -0.25) is 0 Å². The predicted molar refractivity (Wildman–Crippen MR) is 102 cm³/mol. The highest BCUT2D eigenvalue weighted by atomic mass is 35.5. The summed E-state index contributed by atoms with van der Waals surface area (Å²) in [5, 5.41) is 3.17. The molecule has 2 amide bonds. The van der Waals surface area contributed by atoms with Crippen LogP contribution in [0, 0.1) is 0 Å². The number of nitrogens with one attached hydrogen (secondary N) is 1. The van der Waals surface area contributed by atoms with Gasteiger partial charge in [-0.25, -0.2) is 18.2 Å². The van der Waals surface area contributed by atoms with Gasteiger partial charge in [-0.1, -0.05) is 11.6 Å². The summed E-state index contributed by atoms with van der Waals surface area (Å²) in [6, 6.07) is 7.14. The van der Waals surface area contributed by atoms with E-state index < -0.39 is 21.9 Å². The summed E-state index contributed by atoms with van der Waals surface area (Å²) in [6.07, 6.45) is 1.55. The lowest BCUT2D eigenvalue weighted by Crippen LogP contribution is -2.35. The highest BCUT2D eigenvalue weighted by molar-refractivity contribution is 7.91. The number of sulfone groups is 1. The molecule has 2 heterocycles. The molecular formula is C17H19ClN4O3S. The summed E-state index contributed by atoms with van der Waals surface area (Å²) in [5.41, 5.74) is 1.07. The Balaban J connectivity index is 1.80. The van der Waals surface area contributed by atoms with Gasteiger partial charge in [0, 0.05) is 26.2 Å². The number of aromatic nitrogens is 1. The Morgan fingerprint density at radius 1 is 1.23 bits per heavy atom. The van der Waals surface area contributed by atoms with E-state index in [-0.39, 0.29) is 10.6 Å². The Hall–Kier alpha value is -2.32. The fraction of sp³-hybridized carbons (Fsp3) is 0.294. The monoisotopic (exact) mass is 394 g/mol. The molecule has 1 aliphatic rings. The molecule has 3 rings (SSSR count). The van der Waals surface area contributed by atoms with Crippen molar-refractivity contribution >= 4 is 39.0 Å². The molecule has 0 saturated heterocycles. The van der Waals surface area contributed by atoms with Gasteiger partial charge in [0.2, 0.25) is 0 Å². The number of urea groups is 1. The third kappa shape index (κ3) is 3.47. The molecule has 1 N–H and O–H groups in total. The van der Waals surface area contributed by atoms with E-state index in [9.17, 15) is 13.2 Å². The maximum atomic E-state index is 12.6. The van der Waals surface area contributed by atoms with Gasteiger partial charge in [0.15, 0.2) is 9.84 Å². The second-order valence-corrected chi connectivity index (χ2v) is 8.76. The average molecular weight is 395 g/mol. The Morgan fingerprint density at radius 3 is 2.58 bits per heavy atom. The number of hydrogen-bond acceptors (Lipinski definition) is 5. The van der Waals surface area contributed by atoms with Crippen molar-refractivity contribution in [3.63, 3.8) is 0 Å². The summed E-state index contributed by atoms with van der Waals surface area (Å²) in [6.45, 7) is 0. The summed E-state index contributed by atoms with van der Waals surface area (Å²) >= 11 is 6.01. The highest BCUT2D eigenvalue weighted by Gasteiger charge is 2.38. The van der Waals surface area contributed by atoms with Gasteiger partial charge in [0.1, 0.15) is 5.82 Å². The maximum Gasteiger partial charge on any atom is 0.322 e. The number of pyridine rings is 1. The SMILES string of the molecule is CN(C)c1ccc(NC(=O)N(C)[C@@H]2CS(=O)(=O)c3ccc(Cl)cc32)cn1. The standard InChI is InChI=1S/C17H19ClN4O3S/c1-21(2)16-7-5-12(9-19-16)20-17(23)22(3)14-10-26(24,25)15-6-4-11(18)8-13(14)15/h4-9,14H,10H2,1-3H3,(H,20,23)/t14-/m1/s1. The van der Waals surface area contributed by atoms with E-state index in [0.717, 1.165) is 5.82 Å². The molecule has 9 heteroatoms. The van der Waals surface area contributed by atoms with Gasteiger partial charge >= 0.3 is 6.03 Å². The van der Waals surface area contributed by atoms with E-state index in [2.05, 4.69) is 10.3 Å². The number of carbonyl (C=O) groups is 1. The summed E-state index contributed by atoms with van der Waals surface area (Å²) < 4.78 is 24.7.